The predicted molar refractivity (Wildman–Crippen MR) is 115 cm³/mol. The van der Waals surface area contributed by atoms with Crippen molar-refractivity contribution in [1.82, 2.24) is 9.47 Å². The maximum absolute atomic E-state index is 13.2. The monoisotopic (exact) mass is 403 g/mol. The van der Waals surface area contributed by atoms with Gasteiger partial charge in [0.05, 0.1) is 19.0 Å². The zero-order valence-electron chi connectivity index (χ0n) is 17.1. The number of rotatable bonds is 8. The molecule has 1 atom stereocenters. The quantitative estimate of drug-likeness (QED) is 0.534. The molecule has 6 heteroatoms. The van der Waals surface area contributed by atoms with E-state index in [-0.39, 0.29) is 11.9 Å². The van der Waals surface area contributed by atoms with Gasteiger partial charge in [-0.1, -0.05) is 37.3 Å². The summed E-state index contributed by atoms with van der Waals surface area (Å²) in [4.78, 5) is 15.3. The summed E-state index contributed by atoms with van der Waals surface area (Å²) in [6.45, 7) is 4.75. The SMILES string of the molecule is CCN(CC(=O)c1cn(CCC#N)c2ccccc12)CC1COc2ccccc2O1. The molecule has 0 fully saturated rings. The van der Waals surface area contributed by atoms with Gasteiger partial charge < -0.3 is 14.0 Å². The van der Waals surface area contributed by atoms with Crippen LogP contribution in [-0.2, 0) is 6.54 Å². The van der Waals surface area contributed by atoms with Gasteiger partial charge in [0.2, 0.25) is 0 Å². The highest BCUT2D eigenvalue weighted by molar-refractivity contribution is 6.09. The van der Waals surface area contributed by atoms with E-state index in [4.69, 9.17) is 14.7 Å². The van der Waals surface area contributed by atoms with Gasteiger partial charge >= 0.3 is 0 Å². The molecule has 0 saturated carbocycles. The van der Waals surface area contributed by atoms with Crippen molar-refractivity contribution in [1.29, 1.82) is 5.26 Å². The van der Waals surface area contributed by atoms with Crippen molar-refractivity contribution in [2.45, 2.75) is 26.0 Å². The van der Waals surface area contributed by atoms with Crippen LogP contribution in [0.3, 0.4) is 0 Å². The number of benzene rings is 2. The zero-order chi connectivity index (χ0) is 20.9. The Hall–Kier alpha value is -3.30. The molecule has 0 radical (unpaired) electrons. The topological polar surface area (TPSA) is 67.5 Å². The van der Waals surface area contributed by atoms with E-state index in [1.54, 1.807) is 0 Å². The largest absolute Gasteiger partial charge is 0.486 e. The molecule has 0 saturated heterocycles. The third-order valence-electron chi connectivity index (χ3n) is 5.40. The van der Waals surface area contributed by atoms with E-state index >= 15 is 0 Å². The number of aromatic nitrogens is 1. The molecule has 2 heterocycles. The molecule has 0 N–H and O–H groups in total. The summed E-state index contributed by atoms with van der Waals surface area (Å²) in [6.07, 6.45) is 2.17. The number of nitriles is 1. The summed E-state index contributed by atoms with van der Waals surface area (Å²) in [5.74, 6) is 1.58. The zero-order valence-corrected chi connectivity index (χ0v) is 17.1. The summed E-state index contributed by atoms with van der Waals surface area (Å²) in [5.41, 5.74) is 1.69. The van der Waals surface area contributed by atoms with Gasteiger partial charge in [-0.3, -0.25) is 9.69 Å². The first kappa shape index (κ1) is 20.0. The number of hydrogen-bond donors (Lipinski definition) is 0. The Bertz CT molecular complexity index is 1080. The number of Topliss-reactive ketones (excluding diaryl/α,β-unsaturated/α-hetero) is 1. The van der Waals surface area contributed by atoms with E-state index in [0.29, 0.717) is 38.2 Å². The van der Waals surface area contributed by atoms with Crippen LogP contribution >= 0.6 is 0 Å². The van der Waals surface area contributed by atoms with Crippen LogP contribution in [0.5, 0.6) is 11.5 Å². The third-order valence-corrected chi connectivity index (χ3v) is 5.40. The lowest BCUT2D eigenvalue weighted by Crippen LogP contribution is -2.42. The summed E-state index contributed by atoms with van der Waals surface area (Å²) >= 11 is 0. The smallest absolute Gasteiger partial charge is 0.178 e. The van der Waals surface area contributed by atoms with Crippen LogP contribution in [0.4, 0.5) is 0 Å². The van der Waals surface area contributed by atoms with Crippen molar-refractivity contribution in [3.63, 3.8) is 0 Å². The molecular weight excluding hydrogens is 378 g/mol. The Balaban J connectivity index is 1.47. The third kappa shape index (κ3) is 4.17. The van der Waals surface area contributed by atoms with Crippen molar-refractivity contribution in [3.8, 4) is 17.6 Å². The second-order valence-corrected chi connectivity index (χ2v) is 7.41. The van der Waals surface area contributed by atoms with Crippen molar-refractivity contribution >= 4 is 16.7 Å². The highest BCUT2D eigenvalue weighted by Gasteiger charge is 2.24. The van der Waals surface area contributed by atoms with Gasteiger partial charge in [0.1, 0.15) is 12.7 Å². The fraction of sp³-hybridized carbons (Fsp3) is 0.333. The highest BCUT2D eigenvalue weighted by Crippen LogP contribution is 2.31. The molecule has 0 spiro atoms. The Labute approximate surface area is 176 Å². The first-order valence-electron chi connectivity index (χ1n) is 10.3. The maximum atomic E-state index is 13.2. The second kappa shape index (κ2) is 9.02. The van der Waals surface area contributed by atoms with Crippen LogP contribution in [0.2, 0.25) is 0 Å². The van der Waals surface area contributed by atoms with E-state index in [9.17, 15) is 4.79 Å². The minimum absolute atomic E-state index is 0.0703. The fourth-order valence-corrected chi connectivity index (χ4v) is 3.86. The molecule has 30 heavy (non-hydrogen) atoms. The van der Waals surface area contributed by atoms with Crippen LogP contribution in [-0.4, -0.2) is 47.6 Å². The standard InChI is InChI=1S/C24H25N3O3/c1-2-26(14-18-17-29-23-10-5-6-11-24(23)30-18)16-22(28)20-15-27(13-7-12-25)21-9-4-3-8-19(20)21/h3-6,8-11,15,18H,2,7,13-14,16-17H2,1H3. The Kier molecular flexibility index (Phi) is 6.01. The summed E-state index contributed by atoms with van der Waals surface area (Å²) in [6, 6.07) is 17.7. The van der Waals surface area contributed by atoms with Crippen molar-refractivity contribution in [2.24, 2.45) is 0 Å². The average molecular weight is 403 g/mol. The number of likely N-dealkylation sites (N-methyl/N-ethyl adjacent to an activating group) is 1. The molecule has 154 valence electrons. The van der Waals surface area contributed by atoms with E-state index in [1.165, 1.54) is 0 Å². The summed E-state index contributed by atoms with van der Waals surface area (Å²) < 4.78 is 13.9. The lowest BCUT2D eigenvalue weighted by atomic mass is 10.1. The molecule has 1 aliphatic heterocycles. The second-order valence-electron chi connectivity index (χ2n) is 7.41. The number of para-hydroxylation sites is 3. The molecule has 1 aliphatic rings. The minimum atomic E-state index is -0.121. The number of hydrogen-bond acceptors (Lipinski definition) is 5. The number of fused-ring (bicyclic) bond motifs is 2. The van der Waals surface area contributed by atoms with E-state index in [1.807, 2.05) is 66.2 Å². The summed E-state index contributed by atoms with van der Waals surface area (Å²) in [5, 5.41) is 9.86. The Morgan fingerprint density at radius 2 is 1.97 bits per heavy atom. The molecule has 1 aromatic heterocycles. The number of carbonyl (C=O) groups excluding carboxylic acids is 1. The van der Waals surface area contributed by atoms with E-state index in [0.717, 1.165) is 28.9 Å². The lowest BCUT2D eigenvalue weighted by Gasteiger charge is -2.30. The van der Waals surface area contributed by atoms with Crippen LogP contribution < -0.4 is 9.47 Å². The number of nitrogens with zero attached hydrogens (tertiary/aromatic N) is 3. The number of aryl methyl sites for hydroxylation is 1. The van der Waals surface area contributed by atoms with Gasteiger partial charge in [0.15, 0.2) is 17.3 Å². The maximum Gasteiger partial charge on any atom is 0.178 e. The Morgan fingerprint density at radius 3 is 2.77 bits per heavy atom. The molecule has 4 rings (SSSR count). The van der Waals surface area contributed by atoms with Gasteiger partial charge in [-0.15, -0.1) is 0 Å². The van der Waals surface area contributed by atoms with Crippen molar-refractivity contribution < 1.29 is 14.3 Å². The number of carbonyl (C=O) groups is 1. The van der Waals surface area contributed by atoms with Crippen LogP contribution in [0.1, 0.15) is 23.7 Å². The van der Waals surface area contributed by atoms with E-state index in [2.05, 4.69) is 11.0 Å². The molecular formula is C24H25N3O3. The molecule has 0 bridgehead atoms. The first-order chi connectivity index (χ1) is 14.7. The molecule has 0 amide bonds. The fourth-order valence-electron chi connectivity index (χ4n) is 3.86. The van der Waals surface area contributed by atoms with Gasteiger partial charge in [0.25, 0.3) is 0 Å². The van der Waals surface area contributed by atoms with Gasteiger partial charge in [-0.05, 0) is 24.7 Å². The predicted octanol–water partition coefficient (Wildman–Crippen LogP) is 3.90. The van der Waals surface area contributed by atoms with Crippen molar-refractivity contribution in [2.75, 3.05) is 26.2 Å². The van der Waals surface area contributed by atoms with Crippen LogP contribution in [0, 0.1) is 11.3 Å². The van der Waals surface area contributed by atoms with Gasteiger partial charge in [-0.25, -0.2) is 0 Å². The molecule has 1 unspecified atom stereocenters. The molecule has 0 aliphatic carbocycles. The molecule has 6 nitrogen and oxygen atoms in total. The highest BCUT2D eigenvalue weighted by atomic mass is 16.6. The number of ether oxygens (including phenoxy) is 2. The van der Waals surface area contributed by atoms with Crippen LogP contribution in [0.25, 0.3) is 10.9 Å². The van der Waals surface area contributed by atoms with Gasteiger partial charge in [-0.2, -0.15) is 5.26 Å². The van der Waals surface area contributed by atoms with E-state index < -0.39 is 0 Å². The van der Waals surface area contributed by atoms with Crippen molar-refractivity contribution in [3.05, 3.63) is 60.3 Å². The number of ketones is 1. The molecule has 3 aromatic rings. The Morgan fingerprint density at radius 1 is 1.20 bits per heavy atom. The normalized spacial score (nSPS) is 15.3. The van der Waals surface area contributed by atoms with Crippen LogP contribution in [0.15, 0.2) is 54.7 Å². The average Bonchev–Trinajstić information content (AvgIpc) is 3.16. The molecule has 2 aromatic carbocycles. The lowest BCUT2D eigenvalue weighted by molar-refractivity contribution is 0.0573. The first-order valence-corrected chi connectivity index (χ1v) is 10.3. The minimum Gasteiger partial charge on any atom is -0.486 e. The van der Waals surface area contributed by atoms with Gasteiger partial charge in [0, 0.05) is 35.8 Å². The summed E-state index contributed by atoms with van der Waals surface area (Å²) in [7, 11) is 0.